The van der Waals surface area contributed by atoms with Crippen molar-refractivity contribution in [3.8, 4) is 0 Å². The fourth-order valence-corrected chi connectivity index (χ4v) is 2.04. The molecule has 0 radical (unpaired) electrons. The molecule has 2 rings (SSSR count). The van der Waals surface area contributed by atoms with E-state index in [-0.39, 0.29) is 6.61 Å². The van der Waals surface area contributed by atoms with Crippen molar-refractivity contribution in [3.63, 3.8) is 0 Å². The summed E-state index contributed by atoms with van der Waals surface area (Å²) in [6.45, 7) is 1.13. The van der Waals surface area contributed by atoms with Gasteiger partial charge in [-0.05, 0) is 30.5 Å². The molecule has 0 bridgehead atoms. The summed E-state index contributed by atoms with van der Waals surface area (Å²) in [6.07, 6.45) is 1.71. The predicted molar refractivity (Wildman–Crippen MR) is 67.4 cm³/mol. The van der Waals surface area contributed by atoms with Gasteiger partial charge >= 0.3 is 0 Å². The second-order valence-corrected chi connectivity index (χ2v) is 4.74. The van der Waals surface area contributed by atoms with Gasteiger partial charge in [-0.1, -0.05) is 12.1 Å². The van der Waals surface area contributed by atoms with Crippen molar-refractivity contribution in [2.75, 3.05) is 18.9 Å². The van der Waals surface area contributed by atoms with Gasteiger partial charge in [-0.15, -0.1) is 0 Å². The van der Waals surface area contributed by atoms with Gasteiger partial charge in [0.25, 0.3) is 0 Å². The van der Waals surface area contributed by atoms with Crippen LogP contribution in [0, 0.1) is 0 Å². The normalized spacial score (nSPS) is 17.4. The minimum atomic E-state index is -0.656. The Hall–Kier alpha value is -1.10. The highest BCUT2D eigenvalue weighted by Gasteiger charge is 2.30. The third-order valence-electron chi connectivity index (χ3n) is 3.06. The molecule has 1 aromatic rings. The van der Waals surface area contributed by atoms with Gasteiger partial charge in [0.2, 0.25) is 0 Å². The molecule has 1 fully saturated rings. The fraction of sp³-hybridized carbons (Fsp3) is 0.538. The smallest absolute Gasteiger partial charge is 0.0897 e. The van der Waals surface area contributed by atoms with Crippen molar-refractivity contribution in [1.82, 2.24) is 4.90 Å². The molecule has 0 aromatic heterocycles. The van der Waals surface area contributed by atoms with E-state index in [4.69, 9.17) is 10.8 Å². The lowest BCUT2D eigenvalue weighted by atomic mass is 10.2. The second kappa shape index (κ2) is 5.49. The molecule has 0 amide bonds. The van der Waals surface area contributed by atoms with Crippen LogP contribution in [-0.2, 0) is 6.54 Å². The highest BCUT2D eigenvalue weighted by molar-refractivity contribution is 5.40. The molecule has 0 spiro atoms. The van der Waals surface area contributed by atoms with Gasteiger partial charge in [-0.3, -0.25) is 4.90 Å². The molecule has 0 aliphatic heterocycles. The van der Waals surface area contributed by atoms with Crippen molar-refractivity contribution < 1.29 is 10.2 Å². The summed E-state index contributed by atoms with van der Waals surface area (Å²) in [6, 6.07) is 8.36. The van der Waals surface area contributed by atoms with E-state index in [0.717, 1.165) is 17.8 Å². The third-order valence-corrected chi connectivity index (χ3v) is 3.06. The first kappa shape index (κ1) is 12.4. The SMILES string of the molecule is Nc1cccc(CN(CC(O)CO)C2CC2)c1. The lowest BCUT2D eigenvalue weighted by Crippen LogP contribution is -2.35. The Bertz CT molecular complexity index is 366. The molecule has 1 unspecified atom stereocenters. The zero-order valence-electron chi connectivity index (χ0n) is 9.92. The number of benzene rings is 1. The summed E-state index contributed by atoms with van der Waals surface area (Å²) in [7, 11) is 0. The van der Waals surface area contributed by atoms with Crippen LogP contribution in [0.4, 0.5) is 5.69 Å². The summed E-state index contributed by atoms with van der Waals surface area (Å²) in [5.41, 5.74) is 7.67. The summed E-state index contributed by atoms with van der Waals surface area (Å²) < 4.78 is 0. The molecule has 1 atom stereocenters. The van der Waals surface area contributed by atoms with Crippen molar-refractivity contribution in [3.05, 3.63) is 29.8 Å². The first-order chi connectivity index (χ1) is 8.19. The van der Waals surface area contributed by atoms with Gasteiger partial charge in [0.05, 0.1) is 12.7 Å². The number of hydrogen-bond acceptors (Lipinski definition) is 4. The minimum absolute atomic E-state index is 0.180. The molecule has 1 saturated carbocycles. The highest BCUT2D eigenvalue weighted by atomic mass is 16.3. The second-order valence-electron chi connectivity index (χ2n) is 4.74. The average Bonchev–Trinajstić information content (AvgIpc) is 3.12. The van der Waals surface area contributed by atoms with Crippen LogP contribution in [0.25, 0.3) is 0 Å². The number of rotatable bonds is 6. The van der Waals surface area contributed by atoms with Gasteiger partial charge in [0, 0.05) is 24.8 Å². The molecule has 4 nitrogen and oxygen atoms in total. The molecule has 1 aliphatic rings. The van der Waals surface area contributed by atoms with Crippen LogP contribution in [0.5, 0.6) is 0 Å². The molecule has 94 valence electrons. The van der Waals surface area contributed by atoms with E-state index in [2.05, 4.69) is 4.90 Å². The van der Waals surface area contributed by atoms with E-state index in [1.807, 2.05) is 24.3 Å². The fourth-order valence-electron chi connectivity index (χ4n) is 2.04. The van der Waals surface area contributed by atoms with Crippen LogP contribution >= 0.6 is 0 Å². The van der Waals surface area contributed by atoms with E-state index in [1.54, 1.807) is 0 Å². The first-order valence-corrected chi connectivity index (χ1v) is 6.06. The standard InChI is InChI=1S/C13H20N2O2/c14-11-3-1-2-10(6-11)7-15(12-4-5-12)8-13(17)9-16/h1-3,6,12-13,16-17H,4-5,7-9,14H2. The lowest BCUT2D eigenvalue weighted by Gasteiger charge is -2.24. The topological polar surface area (TPSA) is 69.7 Å². The number of nitrogens with zero attached hydrogens (tertiary/aromatic N) is 1. The van der Waals surface area contributed by atoms with Gasteiger partial charge in [-0.25, -0.2) is 0 Å². The molecule has 1 aliphatic carbocycles. The van der Waals surface area contributed by atoms with Crippen molar-refractivity contribution in [2.45, 2.75) is 31.5 Å². The van der Waals surface area contributed by atoms with Crippen LogP contribution < -0.4 is 5.73 Å². The summed E-state index contributed by atoms with van der Waals surface area (Å²) in [4.78, 5) is 2.22. The Kier molecular flexibility index (Phi) is 3.99. The van der Waals surface area contributed by atoms with Gasteiger partial charge < -0.3 is 15.9 Å². The number of hydrogen-bond donors (Lipinski definition) is 3. The number of aliphatic hydroxyl groups excluding tert-OH is 2. The van der Waals surface area contributed by atoms with Gasteiger partial charge in [0.15, 0.2) is 0 Å². The van der Waals surface area contributed by atoms with Crippen LogP contribution in [-0.4, -0.2) is 40.4 Å². The Morgan fingerprint density at radius 1 is 1.41 bits per heavy atom. The molecule has 0 saturated heterocycles. The van der Waals surface area contributed by atoms with E-state index in [9.17, 15) is 5.11 Å². The number of anilines is 1. The van der Waals surface area contributed by atoms with Crippen LogP contribution in [0.3, 0.4) is 0 Å². The molecule has 4 heteroatoms. The maximum absolute atomic E-state index is 9.52. The molecular formula is C13H20N2O2. The van der Waals surface area contributed by atoms with Crippen LogP contribution in [0.2, 0.25) is 0 Å². The molecule has 1 aromatic carbocycles. The van der Waals surface area contributed by atoms with Crippen molar-refractivity contribution >= 4 is 5.69 Å². The molecular weight excluding hydrogens is 216 g/mol. The highest BCUT2D eigenvalue weighted by Crippen LogP contribution is 2.28. The largest absolute Gasteiger partial charge is 0.399 e. The van der Waals surface area contributed by atoms with E-state index in [1.165, 1.54) is 12.8 Å². The summed E-state index contributed by atoms with van der Waals surface area (Å²) in [5, 5.41) is 18.4. The maximum Gasteiger partial charge on any atom is 0.0897 e. The lowest BCUT2D eigenvalue weighted by molar-refractivity contribution is 0.0540. The Morgan fingerprint density at radius 3 is 2.76 bits per heavy atom. The third kappa shape index (κ3) is 3.70. The monoisotopic (exact) mass is 236 g/mol. The molecule has 17 heavy (non-hydrogen) atoms. The minimum Gasteiger partial charge on any atom is -0.399 e. The number of nitrogen functional groups attached to an aromatic ring is 1. The Morgan fingerprint density at radius 2 is 2.18 bits per heavy atom. The first-order valence-electron chi connectivity index (χ1n) is 6.06. The average molecular weight is 236 g/mol. The summed E-state index contributed by atoms with van der Waals surface area (Å²) >= 11 is 0. The van der Waals surface area contributed by atoms with Gasteiger partial charge in [-0.2, -0.15) is 0 Å². The maximum atomic E-state index is 9.52. The number of aliphatic hydroxyl groups is 2. The van der Waals surface area contributed by atoms with Crippen molar-refractivity contribution in [1.29, 1.82) is 0 Å². The van der Waals surface area contributed by atoms with Gasteiger partial charge in [0.1, 0.15) is 0 Å². The molecule has 0 heterocycles. The Labute approximate surface area is 102 Å². The van der Waals surface area contributed by atoms with Crippen LogP contribution in [0.15, 0.2) is 24.3 Å². The van der Waals surface area contributed by atoms with E-state index < -0.39 is 6.10 Å². The molecule has 4 N–H and O–H groups in total. The van der Waals surface area contributed by atoms with Crippen molar-refractivity contribution in [2.24, 2.45) is 0 Å². The quantitative estimate of drug-likeness (QED) is 0.632. The summed E-state index contributed by atoms with van der Waals surface area (Å²) in [5.74, 6) is 0. The van der Waals surface area contributed by atoms with E-state index in [0.29, 0.717) is 12.6 Å². The zero-order valence-corrected chi connectivity index (χ0v) is 9.92. The zero-order chi connectivity index (χ0) is 12.3. The van der Waals surface area contributed by atoms with Crippen LogP contribution in [0.1, 0.15) is 18.4 Å². The Balaban J connectivity index is 1.97. The van der Waals surface area contributed by atoms with E-state index >= 15 is 0 Å². The predicted octanol–water partition coefficient (Wildman–Crippen LogP) is 0.586. The number of nitrogens with two attached hydrogens (primary N) is 1.